The summed E-state index contributed by atoms with van der Waals surface area (Å²) < 4.78 is 6.15. The lowest BCUT2D eigenvalue weighted by atomic mass is 9.98. The summed E-state index contributed by atoms with van der Waals surface area (Å²) in [5.41, 5.74) is 14.3. The Morgan fingerprint density at radius 3 is 2.15 bits per heavy atom. The Morgan fingerprint density at radius 2 is 1.60 bits per heavy atom. The van der Waals surface area contributed by atoms with Crippen LogP contribution in [0.2, 0.25) is 5.15 Å². The number of nitrogen functional groups attached to an aromatic ring is 2. The average molecular weight is 689 g/mol. The molecule has 3 amide bonds. The van der Waals surface area contributed by atoms with Crippen molar-refractivity contribution in [2.24, 2.45) is 0 Å². The number of nitrogens with two attached hydrogens (primary N) is 2. The molecule has 2 unspecified atom stereocenters. The van der Waals surface area contributed by atoms with Gasteiger partial charge in [-0.3, -0.25) is 9.59 Å². The monoisotopic (exact) mass is 687 g/mol. The Labute approximate surface area is 286 Å². The fourth-order valence-corrected chi connectivity index (χ4v) is 6.31. The van der Waals surface area contributed by atoms with Crippen molar-refractivity contribution in [3.63, 3.8) is 0 Å². The number of carboxylic acid groups (broad SMARTS) is 1. The van der Waals surface area contributed by atoms with Crippen molar-refractivity contribution < 1.29 is 41.1 Å². The number of aromatic nitrogens is 2. The van der Waals surface area contributed by atoms with Crippen molar-refractivity contribution in [2.75, 3.05) is 51.3 Å². The Kier molecular flexibility index (Phi) is 13.6. The maximum Gasteiger partial charge on any atom is 0.414 e. The molecule has 1 fully saturated rings. The van der Waals surface area contributed by atoms with E-state index in [-0.39, 0.29) is 47.5 Å². The second-order valence-electron chi connectivity index (χ2n) is 11.7. The number of benzene rings is 2. The normalized spacial score (nSPS) is 17.3. The van der Waals surface area contributed by atoms with Crippen LogP contribution in [-0.2, 0) is 12.8 Å². The van der Waals surface area contributed by atoms with Crippen LogP contribution in [-0.4, -0.2) is 88.2 Å². The molecule has 1 aliphatic rings. The predicted octanol–water partition coefficient (Wildman–Crippen LogP) is 1.42. The quantitative estimate of drug-likeness (QED) is 0.194. The number of carbonyl (C=O) groups is 3. The van der Waals surface area contributed by atoms with Gasteiger partial charge in [0, 0.05) is 24.9 Å². The molecule has 3 aromatic rings. The van der Waals surface area contributed by atoms with E-state index in [2.05, 4.69) is 27.4 Å². The van der Waals surface area contributed by atoms with Crippen molar-refractivity contribution in [3.05, 3.63) is 76.1 Å². The van der Waals surface area contributed by atoms with Gasteiger partial charge in [-0.15, -0.1) is 0 Å². The van der Waals surface area contributed by atoms with E-state index in [1.54, 1.807) is 26.2 Å². The van der Waals surface area contributed by atoms with Gasteiger partial charge in [-0.25, -0.2) is 19.7 Å². The molecule has 1 saturated heterocycles. The van der Waals surface area contributed by atoms with Crippen LogP contribution in [0.4, 0.5) is 16.4 Å². The van der Waals surface area contributed by atoms with E-state index in [9.17, 15) is 19.5 Å². The van der Waals surface area contributed by atoms with Gasteiger partial charge in [0.05, 0.1) is 39.3 Å². The van der Waals surface area contributed by atoms with Gasteiger partial charge in [0.15, 0.2) is 22.5 Å². The van der Waals surface area contributed by atoms with Crippen LogP contribution in [0.25, 0.3) is 0 Å². The Bertz CT molecular complexity index is 1530. The number of amides is 3. The molecular formula is C33H43Cl2N7O5. The number of carbonyl (C=O) groups excluding carboxylic acids is 2. The van der Waals surface area contributed by atoms with Crippen molar-refractivity contribution >= 4 is 41.1 Å². The summed E-state index contributed by atoms with van der Waals surface area (Å²) >= 11 is 6.02. The molecule has 2 aromatic carbocycles. The lowest BCUT2D eigenvalue weighted by molar-refractivity contribution is -0.933. The van der Waals surface area contributed by atoms with Gasteiger partial charge in [-0.1, -0.05) is 35.9 Å². The summed E-state index contributed by atoms with van der Waals surface area (Å²) in [6, 6.07) is 15.2. The summed E-state index contributed by atoms with van der Waals surface area (Å²) in [5, 5.41) is 12.3. The van der Waals surface area contributed by atoms with Crippen LogP contribution in [0.1, 0.15) is 64.6 Å². The summed E-state index contributed by atoms with van der Waals surface area (Å²) in [6.07, 6.45) is 4.13. The van der Waals surface area contributed by atoms with E-state index >= 15 is 0 Å². The highest BCUT2D eigenvalue weighted by Gasteiger charge is 2.35. The molecular weight excluding hydrogens is 645 g/mol. The minimum atomic E-state index is -1.26. The van der Waals surface area contributed by atoms with E-state index < -0.39 is 17.9 Å². The first-order chi connectivity index (χ1) is 22.0. The first-order valence-electron chi connectivity index (χ1n) is 15.5. The first kappa shape index (κ1) is 37.3. The SMILES string of the molecule is CCN(C(=O)O)C(=O)c1ccc(CCC[N+]2(CCCc3ccc(OC)cc3)CCCC(NC(=O)c3nc(Cl)c(N)nc3N)C2)cc1.[Cl-]. The molecule has 4 rings (SSSR count). The standard InChI is InChI=1S/C33H42ClN7O5.ClH/c1-3-40(33(44)45)32(43)24-14-10-22(11-15-24)7-4-18-41(19-5-8-23-12-16-26(46-2)17-13-23)20-6-9-25(21-41)37-31(42)27-29(35)39-30(36)28(34)38-27;/h10-17,25H,3-9,18-21H2,1-2H3,(H5-,35,36,37,39,42,44,45);1H. The fraction of sp³-hybridized carbons (Fsp3) is 0.424. The number of hydrogen-bond donors (Lipinski definition) is 4. The number of halogens is 2. The van der Waals surface area contributed by atoms with Crippen molar-refractivity contribution in [1.82, 2.24) is 20.2 Å². The average Bonchev–Trinajstić information content (AvgIpc) is 3.03. The number of nitrogens with zero attached hydrogens (tertiary/aromatic N) is 4. The number of likely N-dealkylation sites (tertiary alicyclic amines) is 1. The third kappa shape index (κ3) is 9.93. The molecule has 2 heterocycles. The fourth-order valence-electron chi connectivity index (χ4n) is 6.19. The van der Waals surface area contributed by atoms with E-state index in [1.165, 1.54) is 5.56 Å². The Balaban J connectivity index is 0.00000600. The van der Waals surface area contributed by atoms with Gasteiger partial charge in [-0.05, 0) is 68.0 Å². The molecule has 0 aliphatic carbocycles. The van der Waals surface area contributed by atoms with Gasteiger partial charge < -0.3 is 43.5 Å². The minimum absolute atomic E-state index is 0. The molecule has 14 heteroatoms. The Morgan fingerprint density at radius 1 is 1.00 bits per heavy atom. The first-order valence-corrected chi connectivity index (χ1v) is 15.9. The number of methoxy groups -OCH3 is 1. The number of ether oxygens (including phenoxy) is 1. The number of aryl methyl sites for hydroxylation is 2. The maximum absolute atomic E-state index is 13.2. The summed E-state index contributed by atoms with van der Waals surface area (Å²) in [7, 11) is 1.66. The topological polar surface area (TPSA) is 174 Å². The molecule has 0 radical (unpaired) electrons. The Hall–Kier alpha value is -4.13. The van der Waals surface area contributed by atoms with Crippen LogP contribution in [0, 0.1) is 0 Å². The second-order valence-corrected chi connectivity index (χ2v) is 12.1. The second kappa shape index (κ2) is 17.1. The molecule has 1 aromatic heterocycles. The maximum atomic E-state index is 13.2. The third-order valence-corrected chi connectivity index (χ3v) is 8.87. The highest BCUT2D eigenvalue weighted by atomic mass is 35.5. The molecule has 47 heavy (non-hydrogen) atoms. The summed E-state index contributed by atoms with van der Waals surface area (Å²) in [5.74, 6) is -0.205. The van der Waals surface area contributed by atoms with Crippen molar-refractivity contribution in [3.8, 4) is 5.75 Å². The third-order valence-electron chi connectivity index (χ3n) is 8.60. The summed E-state index contributed by atoms with van der Waals surface area (Å²) in [6.45, 7) is 5.34. The van der Waals surface area contributed by atoms with Crippen molar-refractivity contribution in [1.29, 1.82) is 0 Å². The van der Waals surface area contributed by atoms with Crippen LogP contribution < -0.4 is 33.9 Å². The zero-order chi connectivity index (χ0) is 33.3. The van der Waals surface area contributed by atoms with Crippen LogP contribution in [0.5, 0.6) is 5.75 Å². The largest absolute Gasteiger partial charge is 1.00 e. The van der Waals surface area contributed by atoms with Crippen LogP contribution in [0.3, 0.4) is 0 Å². The van der Waals surface area contributed by atoms with Gasteiger partial charge in [0.25, 0.3) is 11.8 Å². The highest BCUT2D eigenvalue weighted by Crippen LogP contribution is 2.24. The van der Waals surface area contributed by atoms with E-state index in [0.29, 0.717) is 5.56 Å². The number of imide groups is 1. The molecule has 0 spiro atoms. The minimum Gasteiger partial charge on any atom is -1.00 e. The van der Waals surface area contributed by atoms with Crippen LogP contribution in [0.15, 0.2) is 48.5 Å². The van der Waals surface area contributed by atoms with Gasteiger partial charge in [0.2, 0.25) is 0 Å². The van der Waals surface area contributed by atoms with E-state index in [0.717, 1.165) is 85.4 Å². The zero-order valence-electron chi connectivity index (χ0n) is 26.8. The molecule has 0 saturated carbocycles. The summed E-state index contributed by atoms with van der Waals surface area (Å²) in [4.78, 5) is 45.9. The number of anilines is 2. The molecule has 2 atom stereocenters. The number of quaternary nitrogens is 1. The molecule has 254 valence electrons. The molecule has 12 nitrogen and oxygen atoms in total. The number of rotatable bonds is 13. The van der Waals surface area contributed by atoms with Gasteiger partial charge >= 0.3 is 6.09 Å². The number of piperidine rings is 1. The molecule has 0 bridgehead atoms. The lowest BCUT2D eigenvalue weighted by Crippen LogP contribution is -3.00. The molecule has 1 aliphatic heterocycles. The van der Waals surface area contributed by atoms with Crippen LogP contribution >= 0.6 is 11.6 Å². The molecule has 6 N–H and O–H groups in total. The number of nitrogens with one attached hydrogen (secondary N) is 1. The lowest BCUT2D eigenvalue weighted by Gasteiger charge is -2.45. The van der Waals surface area contributed by atoms with E-state index in [1.807, 2.05) is 24.3 Å². The number of hydrogen-bond acceptors (Lipinski definition) is 8. The predicted molar refractivity (Wildman–Crippen MR) is 177 cm³/mol. The highest BCUT2D eigenvalue weighted by molar-refractivity contribution is 6.31. The smallest absolute Gasteiger partial charge is 0.414 e. The van der Waals surface area contributed by atoms with Gasteiger partial charge in [0.1, 0.15) is 5.75 Å². The van der Waals surface area contributed by atoms with Crippen molar-refractivity contribution in [2.45, 2.75) is 51.5 Å². The van der Waals surface area contributed by atoms with Gasteiger partial charge in [-0.2, -0.15) is 0 Å². The zero-order valence-corrected chi connectivity index (χ0v) is 28.3. The van der Waals surface area contributed by atoms with E-state index in [4.69, 9.17) is 27.8 Å².